The summed E-state index contributed by atoms with van der Waals surface area (Å²) in [5.41, 5.74) is 2.56. The molecule has 2 amide bonds. The molecule has 2 aromatic carbocycles. The fraction of sp³-hybridized carbons (Fsp3) is 0.200. The molecule has 4 N–H and O–H groups in total. The van der Waals surface area contributed by atoms with Gasteiger partial charge in [-0.15, -0.1) is 0 Å². The number of aromatic hydroxyl groups is 1. The molecule has 0 saturated carbocycles. The summed E-state index contributed by atoms with van der Waals surface area (Å²) in [4.78, 5) is 23.6. The summed E-state index contributed by atoms with van der Waals surface area (Å²) in [5, 5.41) is 21.3. The molecule has 0 aliphatic heterocycles. The van der Waals surface area contributed by atoms with Gasteiger partial charge in [0.15, 0.2) is 11.5 Å². The molecule has 148 valence electrons. The van der Waals surface area contributed by atoms with Crippen molar-refractivity contribution >= 4 is 17.7 Å². The fourth-order valence-corrected chi connectivity index (χ4v) is 2.52. The third kappa shape index (κ3) is 5.75. The second-order valence-corrected chi connectivity index (χ2v) is 5.94. The van der Waals surface area contributed by atoms with Crippen LogP contribution in [0, 0.1) is 5.92 Å². The second-order valence-electron chi connectivity index (χ2n) is 5.94. The number of anilines is 1. The Morgan fingerprint density at radius 3 is 2.46 bits per heavy atom. The van der Waals surface area contributed by atoms with Crippen molar-refractivity contribution < 1.29 is 29.4 Å². The zero-order valence-corrected chi connectivity index (χ0v) is 15.5. The Labute approximate surface area is 162 Å². The van der Waals surface area contributed by atoms with Gasteiger partial charge in [0.1, 0.15) is 6.10 Å². The summed E-state index contributed by atoms with van der Waals surface area (Å²) < 4.78 is 10.6. The first kappa shape index (κ1) is 20.8. The Kier molecular flexibility index (Phi) is 7.41. The Morgan fingerprint density at radius 1 is 1.14 bits per heavy atom. The summed E-state index contributed by atoms with van der Waals surface area (Å²) in [6.45, 7) is 1.73. The van der Waals surface area contributed by atoms with Crippen LogP contribution >= 0.6 is 0 Å². The largest absolute Gasteiger partial charge is 0.504 e. The lowest BCUT2D eigenvalue weighted by atomic mass is 9.96. The van der Waals surface area contributed by atoms with Gasteiger partial charge in [-0.2, -0.15) is 0 Å². The molecule has 28 heavy (non-hydrogen) atoms. The minimum Gasteiger partial charge on any atom is -0.504 e. The molecule has 0 unspecified atom stereocenters. The zero-order valence-electron chi connectivity index (χ0n) is 15.5. The molecule has 0 aromatic heterocycles. The van der Waals surface area contributed by atoms with Crippen molar-refractivity contribution in [1.29, 1.82) is 0 Å². The van der Waals surface area contributed by atoms with Crippen molar-refractivity contribution in [3.63, 3.8) is 0 Å². The molecular weight excluding hydrogens is 364 g/mol. The Morgan fingerprint density at radius 2 is 1.86 bits per heavy atom. The molecule has 0 aliphatic carbocycles. The number of para-hydroxylation sites is 1. The van der Waals surface area contributed by atoms with Crippen molar-refractivity contribution in [3.05, 3.63) is 66.2 Å². The number of benzene rings is 2. The lowest BCUT2D eigenvalue weighted by Gasteiger charge is -2.23. The van der Waals surface area contributed by atoms with Crippen LogP contribution in [0.2, 0.25) is 0 Å². The van der Waals surface area contributed by atoms with Crippen molar-refractivity contribution in [1.82, 2.24) is 5.48 Å². The number of methoxy groups -OCH3 is 1. The van der Waals surface area contributed by atoms with Crippen LogP contribution in [0.15, 0.2) is 60.7 Å². The Bertz CT molecular complexity index is 838. The standard InChI is InChI=1S/C20H22N2O6/c1-13(8-11-18(24)22-26)19(14-9-10-17(27-2)16(23)12-14)28-20(25)21-15-6-4-3-5-7-15/h3-13,19,23,26H,1-2H3,(H,21,25)(H,22,24)/b11-8+/t13-,19+/m0/s1. The number of hydrogen-bond acceptors (Lipinski definition) is 6. The van der Waals surface area contributed by atoms with Gasteiger partial charge in [0.2, 0.25) is 0 Å². The average molecular weight is 386 g/mol. The molecule has 0 heterocycles. The van der Waals surface area contributed by atoms with Gasteiger partial charge in [-0.3, -0.25) is 15.3 Å². The van der Waals surface area contributed by atoms with Gasteiger partial charge in [-0.1, -0.05) is 37.3 Å². The molecule has 0 saturated heterocycles. The topological polar surface area (TPSA) is 117 Å². The van der Waals surface area contributed by atoms with E-state index in [0.717, 1.165) is 6.08 Å². The maximum Gasteiger partial charge on any atom is 0.412 e. The summed E-state index contributed by atoms with van der Waals surface area (Å²) >= 11 is 0. The van der Waals surface area contributed by atoms with E-state index >= 15 is 0 Å². The molecule has 2 rings (SSSR count). The first-order valence-electron chi connectivity index (χ1n) is 8.46. The van der Waals surface area contributed by atoms with Crippen LogP contribution in [0.3, 0.4) is 0 Å². The van der Waals surface area contributed by atoms with Gasteiger partial charge in [0, 0.05) is 17.7 Å². The molecule has 2 aromatic rings. The highest BCUT2D eigenvalue weighted by atomic mass is 16.6. The van der Waals surface area contributed by atoms with Gasteiger partial charge < -0.3 is 14.6 Å². The molecule has 0 radical (unpaired) electrons. The van der Waals surface area contributed by atoms with E-state index in [-0.39, 0.29) is 11.5 Å². The number of hydroxylamine groups is 1. The predicted octanol–water partition coefficient (Wildman–Crippen LogP) is 3.39. The van der Waals surface area contributed by atoms with Gasteiger partial charge in [-0.05, 0) is 29.8 Å². The highest BCUT2D eigenvalue weighted by Gasteiger charge is 2.23. The Hall–Kier alpha value is -3.52. The maximum atomic E-state index is 12.3. The quantitative estimate of drug-likeness (QED) is 0.329. The van der Waals surface area contributed by atoms with E-state index in [2.05, 4.69) is 5.32 Å². The maximum absolute atomic E-state index is 12.3. The van der Waals surface area contributed by atoms with Crippen LogP contribution in [0.1, 0.15) is 18.6 Å². The highest BCUT2D eigenvalue weighted by molar-refractivity contribution is 5.86. The van der Waals surface area contributed by atoms with Gasteiger partial charge in [0.25, 0.3) is 5.91 Å². The van der Waals surface area contributed by atoms with Crippen molar-refractivity contribution in [2.24, 2.45) is 5.92 Å². The van der Waals surface area contributed by atoms with Crippen LogP contribution in [-0.4, -0.2) is 29.4 Å². The van der Waals surface area contributed by atoms with Crippen LogP contribution in [0.5, 0.6) is 11.5 Å². The SMILES string of the molecule is COc1ccc([C@H](OC(=O)Nc2ccccc2)[C@@H](C)/C=C/C(=O)NO)cc1O. The number of carbonyl (C=O) groups is 2. The van der Waals surface area contributed by atoms with Crippen LogP contribution in [0.4, 0.5) is 10.5 Å². The van der Waals surface area contributed by atoms with Gasteiger partial charge in [0.05, 0.1) is 7.11 Å². The Balaban J connectivity index is 2.24. The number of phenolic OH excluding ortho intramolecular Hbond substituents is 1. The molecule has 0 spiro atoms. The van der Waals surface area contributed by atoms with E-state index in [1.54, 1.807) is 43.3 Å². The number of nitrogens with one attached hydrogen (secondary N) is 2. The lowest BCUT2D eigenvalue weighted by molar-refractivity contribution is -0.124. The van der Waals surface area contributed by atoms with Crippen LogP contribution < -0.4 is 15.5 Å². The first-order chi connectivity index (χ1) is 13.4. The minimum atomic E-state index is -0.816. The number of hydrogen-bond donors (Lipinski definition) is 4. The van der Waals surface area contributed by atoms with E-state index in [9.17, 15) is 14.7 Å². The van der Waals surface area contributed by atoms with Gasteiger partial charge >= 0.3 is 6.09 Å². The van der Waals surface area contributed by atoms with Gasteiger partial charge in [-0.25, -0.2) is 10.3 Å². The van der Waals surface area contributed by atoms with Crippen molar-refractivity contribution in [3.8, 4) is 11.5 Å². The van der Waals surface area contributed by atoms with Crippen LogP contribution in [-0.2, 0) is 9.53 Å². The van der Waals surface area contributed by atoms with E-state index < -0.39 is 24.0 Å². The molecule has 0 aliphatic rings. The molecule has 8 nitrogen and oxygen atoms in total. The van der Waals surface area contributed by atoms with Crippen molar-refractivity contribution in [2.75, 3.05) is 12.4 Å². The van der Waals surface area contributed by atoms with E-state index in [1.807, 2.05) is 6.07 Å². The smallest absolute Gasteiger partial charge is 0.412 e. The average Bonchev–Trinajstić information content (AvgIpc) is 2.70. The molecule has 0 fully saturated rings. The molecule has 0 bridgehead atoms. The van der Waals surface area contributed by atoms with E-state index in [0.29, 0.717) is 11.3 Å². The monoisotopic (exact) mass is 386 g/mol. The third-order valence-electron chi connectivity index (χ3n) is 3.92. The fourth-order valence-electron chi connectivity index (χ4n) is 2.52. The summed E-state index contributed by atoms with van der Waals surface area (Å²) in [7, 11) is 1.43. The third-order valence-corrected chi connectivity index (χ3v) is 3.92. The minimum absolute atomic E-state index is 0.110. The predicted molar refractivity (Wildman–Crippen MR) is 102 cm³/mol. The highest BCUT2D eigenvalue weighted by Crippen LogP contribution is 2.34. The number of rotatable bonds is 7. The summed E-state index contributed by atoms with van der Waals surface area (Å²) in [5.74, 6) is -0.996. The first-order valence-corrected chi connectivity index (χ1v) is 8.46. The molecule has 8 heteroatoms. The number of amides is 2. The summed E-state index contributed by atoms with van der Waals surface area (Å²) in [6, 6.07) is 13.4. The molecular formula is C20H22N2O6. The lowest BCUT2D eigenvalue weighted by Crippen LogP contribution is -2.22. The van der Waals surface area contributed by atoms with E-state index in [1.165, 1.54) is 24.7 Å². The number of phenols is 1. The van der Waals surface area contributed by atoms with E-state index in [4.69, 9.17) is 14.7 Å². The second kappa shape index (κ2) is 9.98. The summed E-state index contributed by atoms with van der Waals surface area (Å²) in [6.07, 6.45) is 1.09. The van der Waals surface area contributed by atoms with Crippen LogP contribution in [0.25, 0.3) is 0 Å². The van der Waals surface area contributed by atoms with Crippen molar-refractivity contribution in [2.45, 2.75) is 13.0 Å². The number of carbonyl (C=O) groups excluding carboxylic acids is 2. The number of ether oxygens (including phenoxy) is 2. The normalized spacial score (nSPS) is 12.8. The zero-order chi connectivity index (χ0) is 20.5. The molecule has 2 atom stereocenters.